The molecule has 19 heavy (non-hydrogen) atoms. The SMILES string of the molecule is COc1cccc(CNc2nc(N)c(F)cc2F)c1. The summed E-state index contributed by atoms with van der Waals surface area (Å²) in [6.07, 6.45) is 0. The third-order valence-electron chi connectivity index (χ3n) is 2.55. The smallest absolute Gasteiger partial charge is 0.168 e. The van der Waals surface area contributed by atoms with E-state index in [1.807, 2.05) is 12.1 Å². The normalized spacial score (nSPS) is 10.3. The fourth-order valence-corrected chi connectivity index (χ4v) is 1.57. The third kappa shape index (κ3) is 3.09. The molecule has 0 saturated heterocycles. The summed E-state index contributed by atoms with van der Waals surface area (Å²) in [4.78, 5) is 3.62. The number of halogens is 2. The maximum atomic E-state index is 13.4. The van der Waals surface area contributed by atoms with Crippen LogP contribution >= 0.6 is 0 Å². The fraction of sp³-hybridized carbons (Fsp3) is 0.154. The molecule has 0 radical (unpaired) electrons. The summed E-state index contributed by atoms with van der Waals surface area (Å²) in [5.74, 6) is -1.37. The highest BCUT2D eigenvalue weighted by molar-refractivity contribution is 5.45. The zero-order valence-corrected chi connectivity index (χ0v) is 10.3. The van der Waals surface area contributed by atoms with Crippen LogP contribution in [0.5, 0.6) is 5.75 Å². The molecule has 1 heterocycles. The van der Waals surface area contributed by atoms with Crippen LogP contribution < -0.4 is 15.8 Å². The zero-order chi connectivity index (χ0) is 13.8. The minimum absolute atomic E-state index is 0.0817. The molecule has 0 bridgehead atoms. The number of benzene rings is 1. The Bertz CT molecular complexity index is 590. The second kappa shape index (κ2) is 5.51. The van der Waals surface area contributed by atoms with Crippen molar-refractivity contribution in [3.05, 3.63) is 47.5 Å². The van der Waals surface area contributed by atoms with Crippen molar-refractivity contribution in [2.75, 3.05) is 18.2 Å². The molecule has 0 fully saturated rings. The summed E-state index contributed by atoms with van der Waals surface area (Å²) in [6, 6.07) is 7.98. The maximum Gasteiger partial charge on any atom is 0.168 e. The molecule has 0 unspecified atom stereocenters. The van der Waals surface area contributed by atoms with E-state index in [2.05, 4.69) is 10.3 Å². The summed E-state index contributed by atoms with van der Waals surface area (Å²) < 4.78 is 31.5. The van der Waals surface area contributed by atoms with Gasteiger partial charge in [0, 0.05) is 12.6 Å². The number of hydrogen-bond donors (Lipinski definition) is 2. The molecule has 0 aliphatic rings. The van der Waals surface area contributed by atoms with Crippen molar-refractivity contribution in [3.8, 4) is 5.75 Å². The first kappa shape index (κ1) is 13.1. The Morgan fingerprint density at radius 2 is 2.05 bits per heavy atom. The lowest BCUT2D eigenvalue weighted by atomic mass is 10.2. The number of ether oxygens (including phenoxy) is 1. The van der Waals surface area contributed by atoms with Crippen LogP contribution in [0.1, 0.15) is 5.56 Å². The van der Waals surface area contributed by atoms with Crippen LogP contribution in [0.2, 0.25) is 0 Å². The first-order valence-electron chi connectivity index (χ1n) is 5.58. The molecular weight excluding hydrogens is 252 g/mol. The molecule has 4 nitrogen and oxygen atoms in total. The number of aromatic nitrogens is 1. The van der Waals surface area contributed by atoms with Gasteiger partial charge in [-0.3, -0.25) is 0 Å². The van der Waals surface area contributed by atoms with Crippen molar-refractivity contribution in [3.63, 3.8) is 0 Å². The monoisotopic (exact) mass is 265 g/mol. The molecule has 1 aromatic heterocycles. The molecule has 2 aromatic rings. The van der Waals surface area contributed by atoms with Gasteiger partial charge in [-0.05, 0) is 17.7 Å². The van der Waals surface area contributed by atoms with Crippen LogP contribution in [-0.2, 0) is 6.54 Å². The number of nitrogens with one attached hydrogen (secondary N) is 1. The number of methoxy groups -OCH3 is 1. The van der Waals surface area contributed by atoms with E-state index in [1.54, 1.807) is 19.2 Å². The Labute approximate surface area is 109 Å². The Balaban J connectivity index is 2.12. The van der Waals surface area contributed by atoms with Gasteiger partial charge in [0.2, 0.25) is 0 Å². The van der Waals surface area contributed by atoms with E-state index in [-0.39, 0.29) is 11.6 Å². The van der Waals surface area contributed by atoms with Crippen LogP contribution in [0.4, 0.5) is 20.4 Å². The predicted molar refractivity (Wildman–Crippen MR) is 68.9 cm³/mol. The molecule has 100 valence electrons. The Morgan fingerprint density at radius 3 is 2.79 bits per heavy atom. The molecule has 1 aromatic carbocycles. The van der Waals surface area contributed by atoms with Crippen LogP contribution in [0.3, 0.4) is 0 Å². The van der Waals surface area contributed by atoms with Crippen molar-refractivity contribution >= 4 is 11.6 Å². The largest absolute Gasteiger partial charge is 0.497 e. The van der Waals surface area contributed by atoms with Gasteiger partial charge in [-0.25, -0.2) is 13.8 Å². The minimum atomic E-state index is -0.871. The number of anilines is 2. The Kier molecular flexibility index (Phi) is 3.79. The molecule has 0 atom stereocenters. The number of nitrogen functional groups attached to an aromatic ring is 1. The van der Waals surface area contributed by atoms with Gasteiger partial charge in [0.05, 0.1) is 7.11 Å². The standard InChI is InChI=1S/C13H13F2N3O/c1-19-9-4-2-3-8(5-9)7-17-13-11(15)6-10(14)12(16)18-13/h2-6H,7H2,1H3,(H3,16,17,18). The van der Waals surface area contributed by atoms with Crippen molar-refractivity contribution in [1.82, 2.24) is 4.98 Å². The van der Waals surface area contributed by atoms with E-state index >= 15 is 0 Å². The summed E-state index contributed by atoms with van der Waals surface area (Å²) >= 11 is 0. The third-order valence-corrected chi connectivity index (χ3v) is 2.55. The summed E-state index contributed by atoms with van der Waals surface area (Å²) in [5, 5.41) is 2.76. The van der Waals surface area contributed by atoms with Crippen molar-refractivity contribution in [2.45, 2.75) is 6.54 Å². The van der Waals surface area contributed by atoms with Gasteiger partial charge >= 0.3 is 0 Å². The lowest BCUT2D eigenvalue weighted by Crippen LogP contribution is -2.07. The van der Waals surface area contributed by atoms with Gasteiger partial charge in [0.15, 0.2) is 23.3 Å². The zero-order valence-electron chi connectivity index (χ0n) is 10.3. The molecule has 2 rings (SSSR count). The molecular formula is C13H13F2N3O. The number of pyridine rings is 1. The summed E-state index contributed by atoms with van der Waals surface area (Å²) in [5.41, 5.74) is 6.17. The van der Waals surface area contributed by atoms with Gasteiger partial charge in [-0.15, -0.1) is 0 Å². The van der Waals surface area contributed by atoms with Crippen LogP contribution in [-0.4, -0.2) is 12.1 Å². The highest BCUT2D eigenvalue weighted by Gasteiger charge is 2.09. The second-order valence-corrected chi connectivity index (χ2v) is 3.89. The Hall–Kier alpha value is -2.37. The minimum Gasteiger partial charge on any atom is -0.497 e. The summed E-state index contributed by atoms with van der Waals surface area (Å²) in [7, 11) is 1.56. The van der Waals surface area contributed by atoms with E-state index in [9.17, 15) is 8.78 Å². The number of hydrogen-bond acceptors (Lipinski definition) is 4. The lowest BCUT2D eigenvalue weighted by molar-refractivity contribution is 0.414. The van der Waals surface area contributed by atoms with E-state index in [0.29, 0.717) is 18.4 Å². The van der Waals surface area contributed by atoms with Gasteiger partial charge in [0.1, 0.15) is 5.75 Å². The first-order valence-corrected chi connectivity index (χ1v) is 5.58. The molecule has 0 spiro atoms. The van der Waals surface area contributed by atoms with Crippen molar-refractivity contribution in [2.24, 2.45) is 0 Å². The molecule has 0 aliphatic heterocycles. The lowest BCUT2D eigenvalue weighted by Gasteiger charge is -2.09. The molecule has 6 heteroatoms. The topological polar surface area (TPSA) is 60.2 Å². The highest BCUT2D eigenvalue weighted by atomic mass is 19.1. The Morgan fingerprint density at radius 1 is 1.26 bits per heavy atom. The summed E-state index contributed by atoms with van der Waals surface area (Å²) in [6.45, 7) is 0.326. The molecule has 0 saturated carbocycles. The molecule has 3 N–H and O–H groups in total. The fourth-order valence-electron chi connectivity index (χ4n) is 1.57. The second-order valence-electron chi connectivity index (χ2n) is 3.89. The quantitative estimate of drug-likeness (QED) is 0.892. The van der Waals surface area contributed by atoms with Crippen molar-refractivity contribution < 1.29 is 13.5 Å². The van der Waals surface area contributed by atoms with E-state index < -0.39 is 11.6 Å². The van der Waals surface area contributed by atoms with Crippen LogP contribution in [0.25, 0.3) is 0 Å². The van der Waals surface area contributed by atoms with E-state index in [1.165, 1.54) is 0 Å². The van der Waals surface area contributed by atoms with Crippen molar-refractivity contribution in [1.29, 1.82) is 0 Å². The first-order chi connectivity index (χ1) is 9.10. The highest BCUT2D eigenvalue weighted by Crippen LogP contribution is 2.18. The van der Waals surface area contributed by atoms with Gasteiger partial charge in [-0.2, -0.15) is 0 Å². The number of rotatable bonds is 4. The average molecular weight is 265 g/mol. The maximum absolute atomic E-state index is 13.4. The van der Waals surface area contributed by atoms with Crippen LogP contribution in [0.15, 0.2) is 30.3 Å². The average Bonchev–Trinajstić information content (AvgIpc) is 2.41. The van der Waals surface area contributed by atoms with Crippen LogP contribution in [0, 0.1) is 11.6 Å². The predicted octanol–water partition coefficient (Wildman–Crippen LogP) is 2.56. The molecule has 0 aliphatic carbocycles. The van der Waals surface area contributed by atoms with E-state index in [4.69, 9.17) is 10.5 Å². The van der Waals surface area contributed by atoms with Gasteiger partial charge in [-0.1, -0.05) is 12.1 Å². The van der Waals surface area contributed by atoms with Gasteiger partial charge < -0.3 is 15.8 Å². The van der Waals surface area contributed by atoms with Gasteiger partial charge in [0.25, 0.3) is 0 Å². The number of nitrogens with two attached hydrogens (primary N) is 1. The molecule has 0 amide bonds. The van der Waals surface area contributed by atoms with E-state index in [0.717, 1.165) is 5.56 Å². The number of nitrogens with zero attached hydrogens (tertiary/aromatic N) is 1.